The highest BCUT2D eigenvalue weighted by Crippen LogP contribution is 2.32. The van der Waals surface area contributed by atoms with Crippen molar-refractivity contribution in [2.45, 2.75) is 0 Å². The van der Waals surface area contributed by atoms with Crippen LogP contribution in [0, 0.1) is 20.2 Å². The fraction of sp³-hybridized carbons (Fsp3) is 0. The summed E-state index contributed by atoms with van der Waals surface area (Å²) in [6.45, 7) is 3.35. The lowest BCUT2D eigenvalue weighted by atomic mass is 10.1. The van der Waals surface area contributed by atoms with Crippen molar-refractivity contribution in [3.63, 3.8) is 0 Å². The molecule has 0 aliphatic carbocycles. The van der Waals surface area contributed by atoms with E-state index in [0.29, 0.717) is 0 Å². The topological polar surface area (TPSA) is 86.3 Å². The van der Waals surface area contributed by atoms with Crippen molar-refractivity contribution >= 4 is 29.1 Å². The van der Waals surface area contributed by atoms with Crippen molar-refractivity contribution in [2.24, 2.45) is 0 Å². The van der Waals surface area contributed by atoms with Crippen LogP contribution in [-0.4, -0.2) is 9.85 Å². The van der Waals surface area contributed by atoms with Crippen molar-refractivity contribution in [2.75, 3.05) is 0 Å². The average molecular weight is 229 g/mol. The summed E-state index contributed by atoms with van der Waals surface area (Å²) in [5.74, 6) is 0. The van der Waals surface area contributed by atoms with Gasteiger partial charge in [-0.25, -0.2) is 0 Å². The summed E-state index contributed by atoms with van der Waals surface area (Å²) in [5.41, 5.74) is -0.770. The second-order valence-electron chi connectivity index (χ2n) is 2.58. The van der Waals surface area contributed by atoms with Gasteiger partial charge in [-0.3, -0.25) is 20.2 Å². The van der Waals surface area contributed by atoms with Crippen LogP contribution in [0.2, 0.25) is 5.02 Å². The number of nitro groups is 2. The first-order chi connectivity index (χ1) is 6.97. The highest BCUT2D eigenvalue weighted by atomic mass is 35.5. The Morgan fingerprint density at radius 1 is 1.27 bits per heavy atom. The van der Waals surface area contributed by atoms with Gasteiger partial charge < -0.3 is 0 Å². The Balaban J connectivity index is 3.52. The summed E-state index contributed by atoms with van der Waals surface area (Å²) in [6, 6.07) is 1.90. The van der Waals surface area contributed by atoms with Crippen LogP contribution < -0.4 is 0 Å². The van der Waals surface area contributed by atoms with Gasteiger partial charge in [0.05, 0.1) is 26.5 Å². The summed E-state index contributed by atoms with van der Waals surface area (Å²) in [6.07, 6.45) is 1.18. The molecule has 0 atom stereocenters. The van der Waals surface area contributed by atoms with Gasteiger partial charge >= 0.3 is 0 Å². The number of rotatable bonds is 3. The van der Waals surface area contributed by atoms with Gasteiger partial charge in [-0.1, -0.05) is 24.3 Å². The number of non-ortho nitro benzene ring substituents is 1. The molecule has 0 amide bonds. The number of halogens is 1. The predicted molar refractivity (Wildman–Crippen MR) is 54.9 cm³/mol. The Bertz CT molecular complexity index is 458. The molecule has 15 heavy (non-hydrogen) atoms. The van der Waals surface area contributed by atoms with Crippen LogP contribution in [0.25, 0.3) is 6.08 Å². The maximum absolute atomic E-state index is 10.6. The predicted octanol–water partition coefficient (Wildman–Crippen LogP) is 2.80. The molecule has 0 saturated carbocycles. The van der Waals surface area contributed by atoms with E-state index in [1.54, 1.807) is 0 Å². The van der Waals surface area contributed by atoms with Gasteiger partial charge in [-0.05, 0) is 0 Å². The zero-order valence-corrected chi connectivity index (χ0v) is 8.10. The molecule has 0 radical (unpaired) electrons. The Morgan fingerprint density at radius 2 is 1.87 bits per heavy atom. The molecule has 0 spiro atoms. The molecule has 7 heteroatoms. The molecule has 0 unspecified atom stereocenters. The molecule has 0 aromatic heterocycles. The van der Waals surface area contributed by atoms with E-state index in [9.17, 15) is 20.2 Å². The zero-order valence-electron chi connectivity index (χ0n) is 7.34. The van der Waals surface area contributed by atoms with Crippen LogP contribution in [-0.2, 0) is 0 Å². The van der Waals surface area contributed by atoms with E-state index in [1.807, 2.05) is 0 Å². The van der Waals surface area contributed by atoms with Crippen LogP contribution in [0.1, 0.15) is 5.56 Å². The van der Waals surface area contributed by atoms with Gasteiger partial charge in [0.15, 0.2) is 0 Å². The van der Waals surface area contributed by atoms with Gasteiger partial charge in [0.2, 0.25) is 0 Å². The Morgan fingerprint density at radius 3 is 2.27 bits per heavy atom. The minimum Gasteiger partial charge on any atom is -0.258 e. The first kappa shape index (κ1) is 11.1. The van der Waals surface area contributed by atoms with Crippen molar-refractivity contribution in [3.05, 3.63) is 49.5 Å². The maximum Gasteiger partial charge on any atom is 0.284 e. The Hall–Kier alpha value is -1.95. The van der Waals surface area contributed by atoms with E-state index in [4.69, 9.17) is 11.6 Å². The maximum atomic E-state index is 10.6. The third-order valence-electron chi connectivity index (χ3n) is 1.70. The average Bonchev–Trinajstić information content (AvgIpc) is 2.16. The quantitative estimate of drug-likeness (QED) is 0.588. The molecule has 0 fully saturated rings. The van der Waals surface area contributed by atoms with Gasteiger partial charge in [-0.2, -0.15) is 0 Å². The van der Waals surface area contributed by atoms with Gasteiger partial charge in [-0.15, -0.1) is 0 Å². The van der Waals surface area contributed by atoms with Gasteiger partial charge in [0.1, 0.15) is 0 Å². The van der Waals surface area contributed by atoms with E-state index >= 15 is 0 Å². The summed E-state index contributed by atoms with van der Waals surface area (Å²) >= 11 is 5.64. The molecule has 0 N–H and O–H groups in total. The highest BCUT2D eigenvalue weighted by Gasteiger charge is 2.21. The number of nitro benzene ring substituents is 2. The third kappa shape index (κ3) is 2.10. The summed E-state index contributed by atoms with van der Waals surface area (Å²) in [4.78, 5) is 19.5. The van der Waals surface area contributed by atoms with E-state index in [2.05, 4.69) is 6.58 Å². The molecule has 0 aliphatic heterocycles. The molecule has 1 rings (SSSR count). The molecule has 6 nitrogen and oxygen atoms in total. The molecule has 0 saturated heterocycles. The first-order valence-corrected chi connectivity index (χ1v) is 4.10. The number of nitrogens with zero attached hydrogens (tertiary/aromatic N) is 2. The minimum atomic E-state index is -0.744. The van der Waals surface area contributed by atoms with E-state index < -0.39 is 21.2 Å². The molecule has 1 aromatic carbocycles. The lowest BCUT2D eigenvalue weighted by Crippen LogP contribution is -1.95. The van der Waals surface area contributed by atoms with E-state index in [1.165, 1.54) is 6.08 Å². The van der Waals surface area contributed by atoms with Crippen LogP contribution in [0.15, 0.2) is 18.7 Å². The number of hydrogen-bond acceptors (Lipinski definition) is 4. The molecule has 78 valence electrons. The SMILES string of the molecule is C=Cc1c(Cl)cc([N+](=O)[O-])cc1[N+](=O)[O-]. The molecule has 0 heterocycles. The minimum absolute atomic E-state index is 0.0640. The second kappa shape index (κ2) is 4.05. The van der Waals surface area contributed by atoms with Crippen LogP contribution in [0.4, 0.5) is 11.4 Å². The first-order valence-electron chi connectivity index (χ1n) is 3.72. The Labute approximate surface area is 89.1 Å². The van der Waals surface area contributed by atoms with Crippen molar-refractivity contribution in [3.8, 4) is 0 Å². The largest absolute Gasteiger partial charge is 0.284 e. The fourth-order valence-corrected chi connectivity index (χ4v) is 1.33. The lowest BCUT2D eigenvalue weighted by molar-refractivity contribution is -0.394. The van der Waals surface area contributed by atoms with Crippen molar-refractivity contribution < 1.29 is 9.85 Å². The summed E-state index contributed by atoms with van der Waals surface area (Å²) < 4.78 is 0. The molecular formula is C8H5ClN2O4. The standard InChI is InChI=1S/C8H5ClN2O4/c1-2-6-7(9)3-5(10(12)13)4-8(6)11(14)15/h2-4H,1H2. The van der Waals surface area contributed by atoms with Crippen LogP contribution in [0.5, 0.6) is 0 Å². The lowest BCUT2D eigenvalue weighted by Gasteiger charge is -2.00. The van der Waals surface area contributed by atoms with Gasteiger partial charge in [0.25, 0.3) is 11.4 Å². The second-order valence-corrected chi connectivity index (χ2v) is 2.99. The highest BCUT2D eigenvalue weighted by molar-refractivity contribution is 6.32. The van der Waals surface area contributed by atoms with Crippen molar-refractivity contribution in [1.29, 1.82) is 0 Å². The smallest absolute Gasteiger partial charge is 0.258 e. The van der Waals surface area contributed by atoms with E-state index in [0.717, 1.165) is 12.1 Å². The zero-order chi connectivity index (χ0) is 11.6. The number of benzene rings is 1. The third-order valence-corrected chi connectivity index (χ3v) is 2.02. The Kier molecular flexibility index (Phi) is 3.01. The molecular weight excluding hydrogens is 224 g/mol. The molecule has 1 aromatic rings. The van der Waals surface area contributed by atoms with Crippen LogP contribution >= 0.6 is 11.6 Å². The number of hydrogen-bond donors (Lipinski definition) is 0. The van der Waals surface area contributed by atoms with Gasteiger partial charge in [0, 0.05) is 6.07 Å². The van der Waals surface area contributed by atoms with Crippen molar-refractivity contribution in [1.82, 2.24) is 0 Å². The molecule has 0 aliphatic rings. The monoisotopic (exact) mass is 228 g/mol. The summed E-state index contributed by atoms with van der Waals surface area (Å²) in [5, 5.41) is 20.9. The van der Waals surface area contributed by atoms with E-state index in [-0.39, 0.29) is 10.6 Å². The van der Waals surface area contributed by atoms with Crippen LogP contribution in [0.3, 0.4) is 0 Å². The normalized spacial score (nSPS) is 9.67. The molecule has 0 bridgehead atoms. The fourth-order valence-electron chi connectivity index (χ4n) is 1.05. The summed E-state index contributed by atoms with van der Waals surface area (Å²) in [7, 11) is 0.